The third-order valence-electron chi connectivity index (χ3n) is 4.80. The van der Waals surface area contributed by atoms with Gasteiger partial charge in [0.1, 0.15) is 0 Å². The van der Waals surface area contributed by atoms with Gasteiger partial charge >= 0.3 is 0 Å². The van der Waals surface area contributed by atoms with E-state index in [0.29, 0.717) is 24.4 Å². The molecular weight excluding hydrogens is 378 g/mol. The minimum atomic E-state index is -0.107. The molecule has 1 saturated carbocycles. The van der Waals surface area contributed by atoms with Gasteiger partial charge in [-0.2, -0.15) is 0 Å². The van der Waals surface area contributed by atoms with Crippen molar-refractivity contribution < 1.29 is 14.3 Å². The number of carbonyl (C=O) groups is 1. The molecule has 0 radical (unpaired) electrons. The summed E-state index contributed by atoms with van der Waals surface area (Å²) in [4.78, 5) is 12.6. The Morgan fingerprint density at radius 3 is 2.82 bits per heavy atom. The molecule has 1 aliphatic heterocycles. The summed E-state index contributed by atoms with van der Waals surface area (Å²) in [5.74, 6) is 1.97. The maximum Gasteiger partial charge on any atom is 0.230 e. The van der Waals surface area contributed by atoms with E-state index >= 15 is 0 Å². The predicted molar refractivity (Wildman–Crippen MR) is 105 cm³/mol. The molecule has 0 unspecified atom stereocenters. The van der Waals surface area contributed by atoms with Gasteiger partial charge in [-0.05, 0) is 46.9 Å². The van der Waals surface area contributed by atoms with Crippen LogP contribution in [0.25, 0.3) is 0 Å². The summed E-state index contributed by atoms with van der Waals surface area (Å²) in [5, 5.41) is 15.6. The number of hydrogen-bond donors (Lipinski definition) is 1. The van der Waals surface area contributed by atoms with Crippen LogP contribution in [0.5, 0.6) is 11.5 Å². The van der Waals surface area contributed by atoms with Crippen LogP contribution in [0, 0.1) is 5.92 Å². The molecule has 4 rings (SSSR count). The number of nitrogens with zero attached hydrogens (tertiary/aromatic N) is 4. The Kier molecular flexibility index (Phi) is 5.70. The molecule has 0 spiro atoms. The second-order valence-corrected chi connectivity index (χ2v) is 8.41. The molecular formula is C19H25N5O3S. The Hall–Kier alpha value is -2.29. The van der Waals surface area contributed by atoms with Gasteiger partial charge in [0.25, 0.3) is 0 Å². The lowest BCUT2D eigenvalue weighted by molar-refractivity contribution is -0.119. The van der Waals surface area contributed by atoms with E-state index in [1.54, 1.807) is 0 Å². The first kappa shape index (κ1) is 19.0. The molecule has 28 heavy (non-hydrogen) atoms. The molecule has 2 aliphatic rings. The van der Waals surface area contributed by atoms with E-state index in [2.05, 4.69) is 34.7 Å². The van der Waals surface area contributed by atoms with E-state index in [4.69, 9.17) is 9.47 Å². The van der Waals surface area contributed by atoms with Crippen LogP contribution in [-0.4, -0.2) is 45.1 Å². The van der Waals surface area contributed by atoms with Gasteiger partial charge < -0.3 is 14.8 Å². The van der Waals surface area contributed by atoms with Crippen LogP contribution in [-0.2, 0) is 4.79 Å². The van der Waals surface area contributed by atoms with Gasteiger partial charge in [-0.1, -0.05) is 31.7 Å². The first-order valence-electron chi connectivity index (χ1n) is 9.71. The van der Waals surface area contributed by atoms with Crippen molar-refractivity contribution in [2.45, 2.75) is 50.4 Å². The van der Waals surface area contributed by atoms with E-state index in [-0.39, 0.29) is 23.6 Å². The van der Waals surface area contributed by atoms with Crippen LogP contribution >= 0.6 is 11.8 Å². The number of nitrogens with one attached hydrogen (secondary N) is 1. The van der Waals surface area contributed by atoms with Crippen LogP contribution in [0.4, 0.5) is 0 Å². The average Bonchev–Trinajstić information content (AvgIpc) is 3.46. The van der Waals surface area contributed by atoms with E-state index in [1.807, 2.05) is 22.9 Å². The number of carbonyl (C=O) groups excluding carboxylic acids is 1. The minimum Gasteiger partial charge on any atom is -0.490 e. The van der Waals surface area contributed by atoms with Gasteiger partial charge in [0, 0.05) is 6.42 Å². The van der Waals surface area contributed by atoms with Gasteiger partial charge in [-0.3, -0.25) is 4.79 Å². The highest BCUT2D eigenvalue weighted by atomic mass is 32.2. The molecule has 1 atom stereocenters. The Morgan fingerprint density at radius 1 is 1.29 bits per heavy atom. The number of aromatic nitrogens is 4. The average molecular weight is 404 g/mol. The lowest BCUT2D eigenvalue weighted by Crippen LogP contribution is -2.33. The fourth-order valence-electron chi connectivity index (χ4n) is 3.18. The summed E-state index contributed by atoms with van der Waals surface area (Å²) in [6.07, 6.45) is 3.07. The van der Waals surface area contributed by atoms with Gasteiger partial charge in [0.15, 0.2) is 11.5 Å². The van der Waals surface area contributed by atoms with Gasteiger partial charge in [0.05, 0.1) is 31.1 Å². The number of rotatable bonds is 7. The van der Waals surface area contributed by atoms with Crippen molar-refractivity contribution in [3.63, 3.8) is 0 Å². The Labute approximate surface area is 168 Å². The monoisotopic (exact) mass is 403 g/mol. The molecule has 0 bridgehead atoms. The maximum atomic E-state index is 12.6. The Bertz CT molecular complexity index is 837. The van der Waals surface area contributed by atoms with Crippen molar-refractivity contribution in [1.29, 1.82) is 0 Å². The number of fused-ring (bicyclic) bond motifs is 1. The molecule has 1 amide bonds. The SMILES string of the molecule is CC(C)[C@H](NC(=O)CSc1nnnn1C1CC1)c1ccc2c(c1)OCCCO2. The normalized spacial score (nSPS) is 17.2. The summed E-state index contributed by atoms with van der Waals surface area (Å²) < 4.78 is 13.3. The molecule has 1 N–H and O–H groups in total. The number of thioether (sulfide) groups is 1. The van der Waals surface area contributed by atoms with Crippen LogP contribution < -0.4 is 14.8 Å². The summed E-state index contributed by atoms with van der Waals surface area (Å²) in [7, 11) is 0. The van der Waals surface area contributed by atoms with Crippen LogP contribution in [0.2, 0.25) is 0 Å². The highest BCUT2D eigenvalue weighted by Gasteiger charge is 2.28. The number of ether oxygens (including phenoxy) is 2. The Morgan fingerprint density at radius 2 is 2.07 bits per heavy atom. The fraction of sp³-hybridized carbons (Fsp3) is 0.579. The first-order valence-corrected chi connectivity index (χ1v) is 10.7. The van der Waals surface area contributed by atoms with Crippen molar-refractivity contribution >= 4 is 17.7 Å². The second kappa shape index (κ2) is 8.38. The third-order valence-corrected chi connectivity index (χ3v) is 5.74. The van der Waals surface area contributed by atoms with E-state index in [9.17, 15) is 4.79 Å². The van der Waals surface area contributed by atoms with Crippen LogP contribution in [0.15, 0.2) is 23.4 Å². The van der Waals surface area contributed by atoms with Crippen molar-refractivity contribution in [3.05, 3.63) is 23.8 Å². The number of amides is 1. The molecule has 1 aliphatic carbocycles. The summed E-state index contributed by atoms with van der Waals surface area (Å²) in [6.45, 7) is 5.49. The molecule has 9 heteroatoms. The topological polar surface area (TPSA) is 91.2 Å². The molecule has 1 aromatic carbocycles. The lowest BCUT2D eigenvalue weighted by atomic mass is 9.95. The van der Waals surface area contributed by atoms with E-state index in [1.165, 1.54) is 11.8 Å². The van der Waals surface area contributed by atoms with E-state index in [0.717, 1.165) is 36.3 Å². The molecule has 8 nitrogen and oxygen atoms in total. The number of hydrogen-bond acceptors (Lipinski definition) is 7. The van der Waals surface area contributed by atoms with Gasteiger partial charge in [-0.25, -0.2) is 4.68 Å². The van der Waals surface area contributed by atoms with Crippen molar-refractivity contribution in [3.8, 4) is 11.5 Å². The summed E-state index contributed by atoms with van der Waals surface area (Å²) in [6, 6.07) is 6.19. The maximum absolute atomic E-state index is 12.6. The number of tetrazole rings is 1. The van der Waals surface area contributed by atoms with E-state index < -0.39 is 0 Å². The number of benzene rings is 1. The lowest BCUT2D eigenvalue weighted by Gasteiger charge is -2.23. The first-order chi connectivity index (χ1) is 13.6. The molecule has 0 saturated heterocycles. The summed E-state index contributed by atoms with van der Waals surface area (Å²) >= 11 is 1.37. The minimum absolute atomic E-state index is 0.0406. The zero-order chi connectivity index (χ0) is 19.5. The standard InChI is InChI=1S/C19H25N5O3S/c1-12(2)18(13-4-7-15-16(10-13)27-9-3-8-26-15)20-17(25)11-28-19-21-22-23-24(19)14-5-6-14/h4,7,10,12,14,18H,3,5-6,8-9,11H2,1-2H3,(H,20,25)/t18-/m0/s1. The third kappa shape index (κ3) is 4.40. The zero-order valence-electron chi connectivity index (χ0n) is 16.1. The zero-order valence-corrected chi connectivity index (χ0v) is 16.9. The van der Waals surface area contributed by atoms with Crippen LogP contribution in [0.1, 0.15) is 50.8 Å². The largest absolute Gasteiger partial charge is 0.490 e. The smallest absolute Gasteiger partial charge is 0.230 e. The predicted octanol–water partition coefficient (Wildman–Crippen LogP) is 2.77. The quantitative estimate of drug-likeness (QED) is 0.711. The molecule has 1 aromatic heterocycles. The van der Waals surface area contributed by atoms with Gasteiger partial charge in [-0.15, -0.1) is 5.10 Å². The Balaban J connectivity index is 1.41. The highest BCUT2D eigenvalue weighted by Crippen LogP contribution is 2.36. The highest BCUT2D eigenvalue weighted by molar-refractivity contribution is 7.99. The molecule has 2 heterocycles. The van der Waals surface area contributed by atoms with Crippen molar-refractivity contribution in [1.82, 2.24) is 25.5 Å². The summed E-state index contributed by atoms with van der Waals surface area (Å²) in [5.41, 5.74) is 1.01. The molecule has 2 aromatic rings. The second-order valence-electron chi connectivity index (χ2n) is 7.47. The molecule has 1 fully saturated rings. The van der Waals surface area contributed by atoms with Crippen LogP contribution in [0.3, 0.4) is 0 Å². The molecule has 150 valence electrons. The van der Waals surface area contributed by atoms with Gasteiger partial charge in [0.2, 0.25) is 11.1 Å². The van der Waals surface area contributed by atoms with Crippen molar-refractivity contribution in [2.75, 3.05) is 19.0 Å². The van der Waals surface area contributed by atoms with Crippen molar-refractivity contribution in [2.24, 2.45) is 5.92 Å². The fourth-order valence-corrected chi connectivity index (χ4v) is 3.94.